The summed E-state index contributed by atoms with van der Waals surface area (Å²) in [7, 11) is 0. The molecular formula is C55H49N3O4. The van der Waals surface area contributed by atoms with Gasteiger partial charge in [-0.05, 0) is 117 Å². The van der Waals surface area contributed by atoms with E-state index in [1.165, 1.54) is 4.90 Å². The van der Waals surface area contributed by atoms with Crippen molar-refractivity contribution in [3.05, 3.63) is 71.8 Å². The zero-order valence-corrected chi connectivity index (χ0v) is 36.6. The Morgan fingerprint density at radius 3 is 1.53 bits per heavy atom. The Labute approximate surface area is 368 Å². The zero-order chi connectivity index (χ0) is 45.1. The second-order valence-electron chi connectivity index (χ2n) is 18.1. The molecule has 2 aromatic rings. The van der Waals surface area contributed by atoms with Gasteiger partial charge in [0.2, 0.25) is 23.6 Å². The van der Waals surface area contributed by atoms with Gasteiger partial charge in [-0.25, -0.2) is 4.90 Å². The molecule has 0 spiro atoms. The van der Waals surface area contributed by atoms with Crippen molar-refractivity contribution in [1.29, 1.82) is 0 Å². The first kappa shape index (κ1) is 45.8. The second-order valence-corrected chi connectivity index (χ2v) is 18.1. The van der Waals surface area contributed by atoms with Crippen molar-refractivity contribution in [2.75, 3.05) is 0 Å². The van der Waals surface area contributed by atoms with Crippen LogP contribution in [-0.4, -0.2) is 50.5 Å². The molecule has 0 radical (unpaired) electrons. The number of imide groups is 2. The van der Waals surface area contributed by atoms with Crippen LogP contribution in [0.3, 0.4) is 0 Å². The number of rotatable bonds is 8. The summed E-state index contributed by atoms with van der Waals surface area (Å²) >= 11 is 0. The molecule has 4 amide bonds. The van der Waals surface area contributed by atoms with Crippen molar-refractivity contribution in [1.82, 2.24) is 15.1 Å². The number of amides is 4. The maximum Gasteiger partial charge on any atom is 0.245 e. The molecule has 0 bridgehead atoms. The Morgan fingerprint density at radius 2 is 1.05 bits per heavy atom. The van der Waals surface area contributed by atoms with E-state index in [1.54, 1.807) is 0 Å². The normalized spacial score (nSPS) is 21.8. The monoisotopic (exact) mass is 815 g/mol. The molecule has 5 atom stereocenters. The van der Waals surface area contributed by atoms with Gasteiger partial charge in [0.1, 0.15) is 0 Å². The van der Waals surface area contributed by atoms with E-state index in [1.807, 2.05) is 74.5 Å². The third-order valence-electron chi connectivity index (χ3n) is 11.9. The van der Waals surface area contributed by atoms with E-state index in [0.29, 0.717) is 19.3 Å². The molecular weight excluding hydrogens is 767 g/mol. The number of hydrogen-bond donors (Lipinski definition) is 1. The Hall–Kier alpha value is -7.28. The molecule has 3 saturated heterocycles. The highest BCUT2D eigenvalue weighted by Gasteiger charge is 2.60. The molecule has 5 unspecified atom stereocenters. The van der Waals surface area contributed by atoms with Crippen LogP contribution < -0.4 is 5.32 Å². The molecule has 7 nitrogen and oxygen atoms in total. The fourth-order valence-corrected chi connectivity index (χ4v) is 9.51. The summed E-state index contributed by atoms with van der Waals surface area (Å²) in [6.45, 7) is 16.3. The van der Waals surface area contributed by atoms with Crippen LogP contribution in [0.5, 0.6) is 0 Å². The number of nitrogens with one attached hydrogen (secondary N) is 1. The summed E-state index contributed by atoms with van der Waals surface area (Å²) in [4.78, 5) is 60.9. The molecule has 3 fully saturated rings. The standard InChI is InChI=1S/C55H49N3O4/c1-10-11-12-13-14-15-16-17-18-19-20-21-22-23-24-31-36-57-49(60)46(39-52(3,4)42-32-27-25-28-33-42)47(51(57)62)55(9,43-34-29-26-30-35-43)40-45-41(2)48(59)58(50(45)61)44-37-53(5,6)56-54(7,8)38-44/h1,25-30,32-35,41,44-47,56H,37-40H2,2-9H3. The van der Waals surface area contributed by atoms with E-state index >= 15 is 0 Å². The van der Waals surface area contributed by atoms with E-state index in [4.69, 9.17) is 6.42 Å². The first-order valence-corrected chi connectivity index (χ1v) is 20.5. The summed E-state index contributed by atoms with van der Waals surface area (Å²) < 4.78 is 0. The molecule has 0 saturated carbocycles. The predicted molar refractivity (Wildman–Crippen MR) is 241 cm³/mol. The molecule has 2 aromatic carbocycles. The lowest BCUT2D eigenvalue weighted by molar-refractivity contribution is -0.145. The number of likely N-dealkylation sites (tertiary alicyclic amines) is 2. The number of benzene rings is 2. The predicted octanol–water partition coefficient (Wildman–Crippen LogP) is 5.85. The highest BCUT2D eigenvalue weighted by molar-refractivity contribution is 6.08. The lowest BCUT2D eigenvalue weighted by Gasteiger charge is -2.48. The molecule has 308 valence electrons. The van der Waals surface area contributed by atoms with Gasteiger partial charge in [0, 0.05) is 81.9 Å². The lowest BCUT2D eigenvalue weighted by Crippen LogP contribution is -2.63. The Morgan fingerprint density at radius 1 is 0.597 bits per heavy atom. The lowest BCUT2D eigenvalue weighted by atomic mass is 9.60. The van der Waals surface area contributed by atoms with Crippen LogP contribution in [0.4, 0.5) is 0 Å². The van der Waals surface area contributed by atoms with E-state index in [2.05, 4.69) is 148 Å². The maximum absolute atomic E-state index is 14.9. The van der Waals surface area contributed by atoms with Gasteiger partial charge < -0.3 is 5.32 Å². The van der Waals surface area contributed by atoms with Gasteiger partial charge in [-0.1, -0.05) is 88.4 Å². The van der Waals surface area contributed by atoms with Crippen LogP contribution in [0.15, 0.2) is 60.7 Å². The van der Waals surface area contributed by atoms with Crippen LogP contribution in [0.1, 0.15) is 92.2 Å². The van der Waals surface area contributed by atoms with E-state index in [9.17, 15) is 19.2 Å². The minimum Gasteiger partial charge on any atom is -0.307 e. The van der Waals surface area contributed by atoms with Gasteiger partial charge in [0.25, 0.3) is 0 Å². The summed E-state index contributed by atoms with van der Waals surface area (Å²) in [5.74, 6) is 35.5. The maximum atomic E-state index is 14.9. The summed E-state index contributed by atoms with van der Waals surface area (Å²) in [6.07, 6.45) is 6.76. The van der Waals surface area contributed by atoms with Crippen molar-refractivity contribution in [3.63, 3.8) is 0 Å². The van der Waals surface area contributed by atoms with Crippen molar-refractivity contribution in [2.45, 2.75) is 109 Å². The number of carbonyl (C=O) groups is 4. The van der Waals surface area contributed by atoms with E-state index in [-0.39, 0.29) is 35.4 Å². The average Bonchev–Trinajstić information content (AvgIpc) is 3.57. The Balaban J connectivity index is 1.49. The first-order valence-electron chi connectivity index (χ1n) is 20.5. The molecule has 62 heavy (non-hydrogen) atoms. The molecule has 0 aromatic heterocycles. The van der Waals surface area contributed by atoms with Gasteiger partial charge in [-0.3, -0.25) is 24.1 Å². The summed E-state index contributed by atoms with van der Waals surface area (Å²) in [5.41, 5.74) is -0.363. The Kier molecular flexibility index (Phi) is 14.3. The van der Waals surface area contributed by atoms with Crippen LogP contribution in [0, 0.1) is 131 Å². The average molecular weight is 816 g/mol. The third-order valence-corrected chi connectivity index (χ3v) is 11.9. The number of piperidine rings is 1. The number of carbonyl (C=O) groups excluding carboxylic acids is 4. The van der Waals surface area contributed by atoms with Crippen LogP contribution in [0.25, 0.3) is 0 Å². The molecule has 3 aliphatic rings. The topological polar surface area (TPSA) is 86.8 Å². The SMILES string of the molecule is C#CC#CC#CC#CC#CC#CC#CC#CC#CN1C(=O)C(CC(C)(C)c2ccccc2)C(C(C)(CC2C(=O)N(C3CC(C)(C)NC(C)(C)C3)C(=O)C2C)c2ccccc2)C1=O. The molecule has 7 heteroatoms. The minimum absolute atomic E-state index is 0.175. The van der Waals surface area contributed by atoms with Crippen LogP contribution >= 0.6 is 0 Å². The van der Waals surface area contributed by atoms with Gasteiger partial charge in [0.15, 0.2) is 0 Å². The van der Waals surface area contributed by atoms with Gasteiger partial charge >= 0.3 is 0 Å². The highest BCUT2D eigenvalue weighted by Crippen LogP contribution is 2.51. The number of nitrogens with zero attached hydrogens (tertiary/aromatic N) is 2. The van der Waals surface area contributed by atoms with Gasteiger partial charge in [-0.15, -0.1) is 6.42 Å². The largest absolute Gasteiger partial charge is 0.307 e. The highest BCUT2D eigenvalue weighted by atomic mass is 16.2. The quantitative estimate of drug-likeness (QED) is 0.267. The molecule has 0 aliphatic carbocycles. The summed E-state index contributed by atoms with van der Waals surface area (Å²) in [6, 6.07) is 21.9. The molecule has 3 aliphatic heterocycles. The smallest absolute Gasteiger partial charge is 0.245 e. The van der Waals surface area contributed by atoms with Gasteiger partial charge in [-0.2, -0.15) is 0 Å². The fourth-order valence-electron chi connectivity index (χ4n) is 9.51. The molecule has 3 heterocycles. The van der Waals surface area contributed by atoms with E-state index in [0.717, 1.165) is 16.0 Å². The fraction of sp³-hybridized carbons (Fsp3) is 0.382. The number of terminal acetylenes is 1. The zero-order valence-electron chi connectivity index (χ0n) is 36.6. The van der Waals surface area contributed by atoms with Crippen molar-refractivity contribution >= 4 is 23.6 Å². The van der Waals surface area contributed by atoms with Crippen molar-refractivity contribution in [2.24, 2.45) is 23.7 Å². The molecule has 1 N–H and O–H groups in total. The summed E-state index contributed by atoms with van der Waals surface area (Å²) in [5, 5.41) is 3.65. The first-order chi connectivity index (χ1) is 29.4. The van der Waals surface area contributed by atoms with Crippen LogP contribution in [0.2, 0.25) is 0 Å². The van der Waals surface area contributed by atoms with Crippen LogP contribution in [-0.2, 0) is 30.0 Å². The molecule has 5 rings (SSSR count). The Bertz CT molecular complexity index is 2680. The van der Waals surface area contributed by atoms with Gasteiger partial charge in [0.05, 0.1) is 17.8 Å². The van der Waals surface area contributed by atoms with Crippen molar-refractivity contribution < 1.29 is 19.2 Å². The minimum atomic E-state index is -1.06. The second kappa shape index (κ2) is 19.4. The number of hydrogen-bond acceptors (Lipinski definition) is 5. The van der Waals surface area contributed by atoms with E-state index < -0.39 is 46.3 Å². The van der Waals surface area contributed by atoms with Crippen molar-refractivity contribution in [3.8, 4) is 107 Å². The third kappa shape index (κ3) is 10.7.